The van der Waals surface area contributed by atoms with Crippen molar-refractivity contribution in [2.24, 2.45) is 0 Å². The van der Waals surface area contributed by atoms with Crippen LogP contribution in [0.1, 0.15) is 19.4 Å². The summed E-state index contributed by atoms with van der Waals surface area (Å²) >= 11 is 0. The van der Waals surface area contributed by atoms with Gasteiger partial charge in [0.15, 0.2) is 6.29 Å². The van der Waals surface area contributed by atoms with Crippen molar-refractivity contribution in [2.45, 2.75) is 26.7 Å². The zero-order chi connectivity index (χ0) is 13.9. The van der Waals surface area contributed by atoms with Crippen molar-refractivity contribution in [2.75, 3.05) is 32.9 Å². The van der Waals surface area contributed by atoms with E-state index in [1.807, 2.05) is 32.0 Å². The predicted molar refractivity (Wildman–Crippen MR) is 75.8 cm³/mol. The standard InChI is InChI=1S/C15H25NO3/c1-3-18-15(19-4-2)13-16(10-11-17)12-14-8-6-5-7-9-14/h5-9,15,17H,3-4,10-13H2,1-2H3. The van der Waals surface area contributed by atoms with Crippen LogP contribution in [0.4, 0.5) is 0 Å². The summed E-state index contributed by atoms with van der Waals surface area (Å²) in [6, 6.07) is 10.2. The molecule has 1 aromatic rings. The molecule has 0 aliphatic heterocycles. The molecule has 4 nitrogen and oxygen atoms in total. The van der Waals surface area contributed by atoms with Crippen LogP contribution in [0.25, 0.3) is 0 Å². The normalized spacial score (nSPS) is 11.4. The molecule has 0 radical (unpaired) electrons. The topological polar surface area (TPSA) is 41.9 Å². The highest BCUT2D eigenvalue weighted by Gasteiger charge is 2.14. The summed E-state index contributed by atoms with van der Waals surface area (Å²) in [4.78, 5) is 2.14. The number of hydrogen-bond acceptors (Lipinski definition) is 4. The second kappa shape index (κ2) is 9.92. The molecule has 0 amide bonds. The maximum absolute atomic E-state index is 9.16. The van der Waals surface area contributed by atoms with Gasteiger partial charge in [0.25, 0.3) is 0 Å². The van der Waals surface area contributed by atoms with E-state index in [0.717, 1.165) is 6.54 Å². The lowest BCUT2D eigenvalue weighted by atomic mass is 10.2. The summed E-state index contributed by atoms with van der Waals surface area (Å²) in [6.07, 6.45) is -0.231. The molecule has 4 heteroatoms. The molecular formula is C15H25NO3. The Morgan fingerprint density at radius 3 is 2.26 bits per heavy atom. The van der Waals surface area contributed by atoms with Crippen LogP contribution in [-0.4, -0.2) is 49.2 Å². The fraction of sp³-hybridized carbons (Fsp3) is 0.600. The molecule has 0 heterocycles. The highest BCUT2D eigenvalue weighted by atomic mass is 16.7. The zero-order valence-corrected chi connectivity index (χ0v) is 11.9. The minimum absolute atomic E-state index is 0.137. The van der Waals surface area contributed by atoms with Gasteiger partial charge in [-0.1, -0.05) is 30.3 Å². The Bertz CT molecular complexity index is 312. The second-order valence-electron chi connectivity index (χ2n) is 4.28. The molecule has 0 unspecified atom stereocenters. The van der Waals surface area contributed by atoms with Crippen LogP contribution >= 0.6 is 0 Å². The van der Waals surface area contributed by atoms with Crippen molar-refractivity contribution in [1.82, 2.24) is 4.90 Å². The van der Waals surface area contributed by atoms with Crippen molar-refractivity contribution in [3.8, 4) is 0 Å². The van der Waals surface area contributed by atoms with Crippen LogP contribution < -0.4 is 0 Å². The van der Waals surface area contributed by atoms with Crippen LogP contribution in [0.5, 0.6) is 0 Å². The van der Waals surface area contributed by atoms with E-state index >= 15 is 0 Å². The van der Waals surface area contributed by atoms with E-state index < -0.39 is 0 Å². The van der Waals surface area contributed by atoms with Crippen molar-refractivity contribution < 1.29 is 14.6 Å². The number of ether oxygens (including phenoxy) is 2. The maximum Gasteiger partial charge on any atom is 0.170 e. The lowest BCUT2D eigenvalue weighted by molar-refractivity contribution is -0.148. The van der Waals surface area contributed by atoms with Gasteiger partial charge >= 0.3 is 0 Å². The summed E-state index contributed by atoms with van der Waals surface area (Å²) < 4.78 is 11.1. The Morgan fingerprint density at radius 2 is 1.74 bits per heavy atom. The fourth-order valence-corrected chi connectivity index (χ4v) is 1.95. The molecule has 0 fully saturated rings. The third-order valence-electron chi connectivity index (χ3n) is 2.78. The van der Waals surface area contributed by atoms with Gasteiger partial charge in [0.1, 0.15) is 0 Å². The number of benzene rings is 1. The molecular weight excluding hydrogens is 242 g/mol. The van der Waals surface area contributed by atoms with Crippen LogP contribution in [0.2, 0.25) is 0 Å². The van der Waals surface area contributed by atoms with Crippen LogP contribution in [0.3, 0.4) is 0 Å². The summed E-state index contributed by atoms with van der Waals surface area (Å²) in [6.45, 7) is 7.38. The summed E-state index contributed by atoms with van der Waals surface area (Å²) in [5.74, 6) is 0. The molecule has 0 saturated heterocycles. The first-order valence-corrected chi connectivity index (χ1v) is 6.90. The number of rotatable bonds is 10. The van der Waals surface area contributed by atoms with E-state index in [2.05, 4.69) is 17.0 Å². The van der Waals surface area contributed by atoms with E-state index in [4.69, 9.17) is 14.6 Å². The molecule has 0 aromatic heterocycles. The lowest BCUT2D eigenvalue weighted by Crippen LogP contribution is -2.37. The van der Waals surface area contributed by atoms with Gasteiger partial charge in [-0.3, -0.25) is 4.90 Å². The van der Waals surface area contributed by atoms with Crippen LogP contribution in [0, 0.1) is 0 Å². The Balaban J connectivity index is 2.55. The average Bonchev–Trinajstić information content (AvgIpc) is 2.41. The number of aliphatic hydroxyl groups excluding tert-OH is 1. The zero-order valence-electron chi connectivity index (χ0n) is 11.9. The third-order valence-corrected chi connectivity index (χ3v) is 2.78. The van der Waals surface area contributed by atoms with Crippen LogP contribution in [-0.2, 0) is 16.0 Å². The first-order valence-electron chi connectivity index (χ1n) is 6.90. The van der Waals surface area contributed by atoms with Crippen molar-refractivity contribution in [3.63, 3.8) is 0 Å². The molecule has 0 saturated carbocycles. The fourth-order valence-electron chi connectivity index (χ4n) is 1.95. The van der Waals surface area contributed by atoms with Gasteiger partial charge in [-0.2, -0.15) is 0 Å². The van der Waals surface area contributed by atoms with Gasteiger partial charge in [-0.15, -0.1) is 0 Å². The average molecular weight is 267 g/mol. The molecule has 0 bridgehead atoms. The monoisotopic (exact) mass is 267 g/mol. The van der Waals surface area contributed by atoms with E-state index in [0.29, 0.717) is 26.3 Å². The molecule has 108 valence electrons. The SMILES string of the molecule is CCOC(CN(CCO)Cc1ccccc1)OCC. The minimum Gasteiger partial charge on any atom is -0.395 e. The quantitative estimate of drug-likeness (QED) is 0.657. The van der Waals surface area contributed by atoms with E-state index in [-0.39, 0.29) is 12.9 Å². The largest absolute Gasteiger partial charge is 0.395 e. The molecule has 1 N–H and O–H groups in total. The van der Waals surface area contributed by atoms with Gasteiger partial charge in [-0.25, -0.2) is 0 Å². The molecule has 19 heavy (non-hydrogen) atoms. The van der Waals surface area contributed by atoms with Gasteiger partial charge in [0, 0.05) is 32.8 Å². The first kappa shape index (κ1) is 16.1. The van der Waals surface area contributed by atoms with Gasteiger partial charge in [0.05, 0.1) is 6.61 Å². The van der Waals surface area contributed by atoms with Gasteiger partial charge in [0.2, 0.25) is 0 Å². The van der Waals surface area contributed by atoms with Crippen molar-refractivity contribution in [1.29, 1.82) is 0 Å². The molecule has 1 rings (SSSR count). The first-order chi connectivity index (χ1) is 9.30. The molecule has 0 aliphatic rings. The summed E-state index contributed by atoms with van der Waals surface area (Å²) in [5, 5.41) is 9.16. The minimum atomic E-state index is -0.231. The van der Waals surface area contributed by atoms with Gasteiger partial charge in [-0.05, 0) is 19.4 Å². The maximum atomic E-state index is 9.16. The third kappa shape index (κ3) is 6.68. The Kier molecular flexibility index (Phi) is 8.41. The Hall–Kier alpha value is -0.940. The van der Waals surface area contributed by atoms with Crippen LogP contribution in [0.15, 0.2) is 30.3 Å². The smallest absolute Gasteiger partial charge is 0.170 e. The van der Waals surface area contributed by atoms with Crippen molar-refractivity contribution >= 4 is 0 Å². The number of hydrogen-bond donors (Lipinski definition) is 1. The Labute approximate surface area is 115 Å². The second-order valence-corrected chi connectivity index (χ2v) is 4.28. The van der Waals surface area contributed by atoms with E-state index in [1.165, 1.54) is 5.56 Å². The van der Waals surface area contributed by atoms with Gasteiger partial charge < -0.3 is 14.6 Å². The number of nitrogens with zero attached hydrogens (tertiary/aromatic N) is 1. The summed E-state index contributed by atoms with van der Waals surface area (Å²) in [7, 11) is 0. The highest BCUT2D eigenvalue weighted by Crippen LogP contribution is 2.07. The Morgan fingerprint density at radius 1 is 1.11 bits per heavy atom. The molecule has 1 aromatic carbocycles. The summed E-state index contributed by atoms with van der Waals surface area (Å²) in [5.41, 5.74) is 1.22. The molecule has 0 atom stereocenters. The lowest BCUT2D eigenvalue weighted by Gasteiger charge is -2.26. The highest BCUT2D eigenvalue weighted by molar-refractivity contribution is 5.14. The van der Waals surface area contributed by atoms with E-state index in [9.17, 15) is 0 Å². The molecule has 0 aliphatic carbocycles. The van der Waals surface area contributed by atoms with Crippen molar-refractivity contribution in [3.05, 3.63) is 35.9 Å². The number of aliphatic hydroxyl groups is 1. The predicted octanol–water partition coefficient (Wildman–Crippen LogP) is 1.88. The van der Waals surface area contributed by atoms with E-state index in [1.54, 1.807) is 0 Å². The molecule has 0 spiro atoms.